The number of carbonyl (C=O) groups excluding carboxylic acids is 1. The van der Waals surface area contributed by atoms with E-state index >= 15 is 0 Å². The molecule has 1 saturated heterocycles. The van der Waals surface area contributed by atoms with Crippen LogP contribution in [0.3, 0.4) is 0 Å². The second kappa shape index (κ2) is 11.3. The van der Waals surface area contributed by atoms with Gasteiger partial charge < -0.3 is 14.4 Å². The molecule has 41 heavy (non-hydrogen) atoms. The molecule has 2 aromatic carbocycles. The summed E-state index contributed by atoms with van der Waals surface area (Å²) in [6.07, 6.45) is 1.53. The maximum Gasteiger partial charge on any atom is 0.259 e. The van der Waals surface area contributed by atoms with Crippen molar-refractivity contribution in [2.75, 3.05) is 43.6 Å². The monoisotopic (exact) mass is 562 g/mol. The number of nitriles is 1. The molecule has 3 aromatic heterocycles. The van der Waals surface area contributed by atoms with E-state index in [1.807, 2.05) is 25.1 Å². The maximum absolute atomic E-state index is 13.5. The van der Waals surface area contributed by atoms with Crippen LogP contribution in [0.5, 0.6) is 5.75 Å². The van der Waals surface area contributed by atoms with Gasteiger partial charge in [-0.15, -0.1) is 0 Å². The van der Waals surface area contributed by atoms with Crippen molar-refractivity contribution in [3.8, 4) is 34.2 Å². The van der Waals surface area contributed by atoms with Crippen molar-refractivity contribution in [1.29, 1.82) is 5.26 Å². The van der Waals surface area contributed by atoms with Crippen LogP contribution in [0.25, 0.3) is 32.7 Å². The molecule has 0 unspecified atom stereocenters. The molecule has 4 heterocycles. The number of thiazole rings is 1. The third-order valence-electron chi connectivity index (χ3n) is 6.92. The summed E-state index contributed by atoms with van der Waals surface area (Å²) in [4.78, 5) is 30.3. The predicted molar refractivity (Wildman–Crippen MR) is 160 cm³/mol. The fourth-order valence-corrected chi connectivity index (χ4v) is 5.65. The van der Waals surface area contributed by atoms with Crippen LogP contribution >= 0.6 is 11.3 Å². The van der Waals surface area contributed by atoms with Gasteiger partial charge in [-0.1, -0.05) is 23.5 Å². The van der Waals surface area contributed by atoms with E-state index in [1.54, 1.807) is 25.3 Å². The fraction of sp³-hybridized carbons (Fsp3) is 0.194. The van der Waals surface area contributed by atoms with E-state index in [4.69, 9.17) is 14.5 Å². The normalized spacial score (nSPS) is 13.1. The minimum absolute atomic E-state index is 0.345. The third kappa shape index (κ3) is 5.45. The molecule has 1 fully saturated rings. The molecule has 0 bridgehead atoms. The van der Waals surface area contributed by atoms with Crippen LogP contribution in [0.1, 0.15) is 21.6 Å². The number of methoxy groups -OCH3 is 1. The van der Waals surface area contributed by atoms with Gasteiger partial charge in [-0.2, -0.15) is 5.26 Å². The van der Waals surface area contributed by atoms with Gasteiger partial charge in [0.25, 0.3) is 5.91 Å². The molecule has 9 nitrogen and oxygen atoms in total. The lowest BCUT2D eigenvalue weighted by molar-refractivity contribution is 0.102. The highest BCUT2D eigenvalue weighted by Gasteiger charge is 2.20. The van der Waals surface area contributed by atoms with Crippen LogP contribution in [-0.2, 0) is 4.74 Å². The van der Waals surface area contributed by atoms with Gasteiger partial charge in [0.2, 0.25) is 0 Å². The first-order valence-electron chi connectivity index (χ1n) is 13.1. The quantitative estimate of drug-likeness (QED) is 0.281. The van der Waals surface area contributed by atoms with Crippen LogP contribution in [0, 0.1) is 18.3 Å². The minimum atomic E-state index is -0.366. The van der Waals surface area contributed by atoms with E-state index in [2.05, 4.69) is 50.5 Å². The van der Waals surface area contributed by atoms with Crippen LogP contribution in [0.15, 0.2) is 66.9 Å². The summed E-state index contributed by atoms with van der Waals surface area (Å²) < 4.78 is 11.0. The number of pyridine rings is 2. The summed E-state index contributed by atoms with van der Waals surface area (Å²) in [6.45, 7) is 5.11. The van der Waals surface area contributed by atoms with E-state index in [0.717, 1.165) is 48.1 Å². The number of amides is 1. The molecule has 1 amide bonds. The van der Waals surface area contributed by atoms with E-state index in [1.165, 1.54) is 23.2 Å². The molecule has 204 valence electrons. The molecule has 0 radical (unpaired) electrons. The Hall–Kier alpha value is -4.85. The highest BCUT2D eigenvalue weighted by Crippen LogP contribution is 2.35. The maximum atomic E-state index is 13.5. The Kier molecular flexibility index (Phi) is 7.29. The predicted octanol–water partition coefficient (Wildman–Crippen LogP) is 5.70. The number of nitrogens with zero attached hydrogens (tertiary/aromatic N) is 5. The molecule has 10 heteroatoms. The van der Waals surface area contributed by atoms with Crippen LogP contribution in [0.4, 0.5) is 10.8 Å². The number of nitrogens with one attached hydrogen (secondary N) is 1. The average molecular weight is 563 g/mol. The summed E-state index contributed by atoms with van der Waals surface area (Å²) in [5.41, 5.74) is 6.50. The molecular weight excluding hydrogens is 536 g/mol. The Balaban J connectivity index is 1.26. The second-order valence-electron chi connectivity index (χ2n) is 9.54. The van der Waals surface area contributed by atoms with Gasteiger partial charge in [-0.3, -0.25) is 15.1 Å². The first kappa shape index (κ1) is 26.4. The fourth-order valence-electron chi connectivity index (χ4n) is 4.81. The number of benzene rings is 2. The van der Waals surface area contributed by atoms with Gasteiger partial charge in [-0.05, 0) is 55.5 Å². The zero-order valence-electron chi connectivity index (χ0n) is 22.5. The molecule has 6 rings (SSSR count). The smallest absolute Gasteiger partial charge is 0.259 e. The molecule has 0 aliphatic carbocycles. The minimum Gasteiger partial charge on any atom is -0.496 e. The number of ether oxygens (including phenoxy) is 2. The van der Waals surface area contributed by atoms with Crippen molar-refractivity contribution in [3.05, 3.63) is 83.7 Å². The molecular formula is C31H26N6O3S. The number of carbonyl (C=O) groups is 1. The standard InChI is InChI=1S/C31H26N6O3S/c1-19-15-23(24-16-20(17-32)3-10-28(24)39-2)25(18-33-19)29(38)36-31-35-27-9-8-26(34-30(27)41-31)21-4-6-22(7-5-21)37-11-13-40-14-12-37/h3-10,15-16,18H,11-14H2,1-2H3,(H,35,36,38). The van der Waals surface area contributed by atoms with Gasteiger partial charge in [0.1, 0.15) is 16.1 Å². The zero-order valence-corrected chi connectivity index (χ0v) is 23.4. The third-order valence-corrected chi connectivity index (χ3v) is 7.80. The van der Waals surface area contributed by atoms with Crippen molar-refractivity contribution in [3.63, 3.8) is 0 Å². The molecule has 1 aliphatic rings. The Labute approximate surface area is 241 Å². The summed E-state index contributed by atoms with van der Waals surface area (Å²) in [5, 5.41) is 12.8. The summed E-state index contributed by atoms with van der Waals surface area (Å²) in [6, 6.07) is 21.3. The topological polar surface area (TPSA) is 113 Å². The van der Waals surface area contributed by atoms with Crippen molar-refractivity contribution in [2.45, 2.75) is 6.92 Å². The molecule has 0 saturated carbocycles. The Morgan fingerprint density at radius 1 is 1.05 bits per heavy atom. The van der Waals surface area contributed by atoms with Gasteiger partial charge in [0.05, 0.1) is 43.2 Å². The second-order valence-corrected chi connectivity index (χ2v) is 10.5. The number of rotatable bonds is 6. The van der Waals surface area contributed by atoms with Gasteiger partial charge in [-0.25, -0.2) is 9.97 Å². The van der Waals surface area contributed by atoms with E-state index in [0.29, 0.717) is 38.7 Å². The first-order valence-corrected chi connectivity index (χ1v) is 13.9. The lowest BCUT2D eigenvalue weighted by Crippen LogP contribution is -2.36. The lowest BCUT2D eigenvalue weighted by Gasteiger charge is -2.28. The number of aromatic nitrogens is 3. The lowest BCUT2D eigenvalue weighted by atomic mass is 9.97. The zero-order chi connectivity index (χ0) is 28.3. The van der Waals surface area contributed by atoms with E-state index in [9.17, 15) is 10.1 Å². The van der Waals surface area contributed by atoms with Gasteiger partial charge in [0.15, 0.2) is 5.13 Å². The molecule has 5 aromatic rings. The van der Waals surface area contributed by atoms with Crippen molar-refractivity contribution >= 4 is 38.4 Å². The number of anilines is 2. The number of aryl methyl sites for hydroxylation is 1. The average Bonchev–Trinajstić information content (AvgIpc) is 3.42. The first-order chi connectivity index (χ1) is 20.0. The number of fused-ring (bicyclic) bond motifs is 1. The largest absolute Gasteiger partial charge is 0.496 e. The highest BCUT2D eigenvalue weighted by molar-refractivity contribution is 7.22. The Morgan fingerprint density at radius 3 is 2.61 bits per heavy atom. The summed E-state index contributed by atoms with van der Waals surface area (Å²) in [7, 11) is 1.56. The Morgan fingerprint density at radius 2 is 1.85 bits per heavy atom. The van der Waals surface area contributed by atoms with Crippen LogP contribution < -0.4 is 15.0 Å². The van der Waals surface area contributed by atoms with Gasteiger partial charge >= 0.3 is 0 Å². The van der Waals surface area contributed by atoms with Crippen molar-refractivity contribution in [2.24, 2.45) is 0 Å². The molecule has 1 N–H and O–H groups in total. The van der Waals surface area contributed by atoms with Crippen LogP contribution in [-0.4, -0.2) is 54.3 Å². The van der Waals surface area contributed by atoms with Crippen molar-refractivity contribution < 1.29 is 14.3 Å². The molecule has 1 aliphatic heterocycles. The van der Waals surface area contributed by atoms with Crippen LogP contribution in [0.2, 0.25) is 0 Å². The number of hydrogen-bond donors (Lipinski definition) is 1. The van der Waals surface area contributed by atoms with E-state index < -0.39 is 0 Å². The summed E-state index contributed by atoms with van der Waals surface area (Å²) in [5.74, 6) is 0.188. The SMILES string of the molecule is COc1ccc(C#N)cc1-c1cc(C)ncc1C(=O)Nc1nc2ccc(-c3ccc(N4CCOCC4)cc3)nc2s1. The highest BCUT2D eigenvalue weighted by atomic mass is 32.1. The summed E-state index contributed by atoms with van der Waals surface area (Å²) >= 11 is 1.31. The molecule has 0 atom stereocenters. The number of hydrogen-bond acceptors (Lipinski definition) is 9. The van der Waals surface area contributed by atoms with Crippen molar-refractivity contribution in [1.82, 2.24) is 15.0 Å². The molecule has 0 spiro atoms. The van der Waals surface area contributed by atoms with E-state index in [-0.39, 0.29) is 5.91 Å². The van der Waals surface area contributed by atoms with Gasteiger partial charge in [0, 0.05) is 47.4 Å². The Bertz CT molecular complexity index is 1790. The number of morpholine rings is 1.